The van der Waals surface area contributed by atoms with Crippen LogP contribution in [0, 0.1) is 0 Å². The molecule has 0 rings (SSSR count). The van der Waals surface area contributed by atoms with E-state index in [2.05, 4.69) is 6.08 Å². The molecule has 0 aliphatic carbocycles. The smallest absolute Gasteiger partial charge is 0.0434 e. The number of hydrogen-bond donors (Lipinski definition) is 0. The Hall–Kier alpha value is 0.350. The first-order valence-electron chi connectivity index (χ1n) is 4.26. The summed E-state index contributed by atoms with van der Waals surface area (Å²) in [7, 11) is 0. The molecule has 0 N–H and O–H groups in total. The van der Waals surface area contributed by atoms with E-state index in [1.54, 1.807) is 0 Å². The largest absolute Gasteiger partial charge is 0.122 e. The minimum atomic E-state index is 0.542. The average Bonchev–Trinajstić information content (AvgIpc) is 2.16. The molecule has 0 bridgehead atoms. The Balaban J connectivity index is 3.79. The Morgan fingerprint density at radius 1 is 1.08 bits per heavy atom. The summed E-state index contributed by atoms with van der Waals surface area (Å²) in [6.45, 7) is 2.03. The molecule has 0 aromatic heterocycles. The third kappa shape index (κ3) is 7.42. The summed E-state index contributed by atoms with van der Waals surface area (Å²) in [5.41, 5.74) is 2.41. The van der Waals surface area contributed by atoms with Crippen LogP contribution in [0.2, 0.25) is 0 Å². The standard InChI is InChI=1S/C10H15Cl3/c1-9(7-12)3-2-4-10(8-13)5-6-11/h3,5H,2,4,6-8H2,1H3. The molecule has 76 valence electrons. The third-order valence-corrected chi connectivity index (χ3v) is 2.63. The highest BCUT2D eigenvalue weighted by Gasteiger charge is 1.93. The first-order chi connectivity index (χ1) is 6.24. The van der Waals surface area contributed by atoms with Gasteiger partial charge in [0, 0.05) is 17.6 Å². The van der Waals surface area contributed by atoms with E-state index >= 15 is 0 Å². The average molecular weight is 242 g/mol. The van der Waals surface area contributed by atoms with Crippen molar-refractivity contribution in [2.75, 3.05) is 17.6 Å². The zero-order chi connectivity index (χ0) is 10.1. The van der Waals surface area contributed by atoms with Crippen molar-refractivity contribution in [3.05, 3.63) is 23.3 Å². The van der Waals surface area contributed by atoms with E-state index < -0.39 is 0 Å². The van der Waals surface area contributed by atoms with Gasteiger partial charge in [-0.25, -0.2) is 0 Å². The van der Waals surface area contributed by atoms with Crippen LogP contribution < -0.4 is 0 Å². The molecule has 0 aliphatic heterocycles. The predicted octanol–water partition coefficient (Wildman–Crippen LogP) is 4.36. The Morgan fingerprint density at radius 2 is 1.77 bits per heavy atom. The van der Waals surface area contributed by atoms with Crippen LogP contribution in [0.15, 0.2) is 23.3 Å². The Morgan fingerprint density at radius 3 is 2.23 bits per heavy atom. The molecule has 0 saturated carbocycles. The summed E-state index contributed by atoms with van der Waals surface area (Å²) < 4.78 is 0. The quantitative estimate of drug-likeness (QED) is 0.479. The summed E-state index contributed by atoms with van der Waals surface area (Å²) in [5, 5.41) is 0. The lowest BCUT2D eigenvalue weighted by Crippen LogP contribution is -1.86. The zero-order valence-corrected chi connectivity index (χ0v) is 10.1. The lowest BCUT2D eigenvalue weighted by atomic mass is 10.1. The van der Waals surface area contributed by atoms with Gasteiger partial charge in [0.25, 0.3) is 0 Å². The van der Waals surface area contributed by atoms with E-state index in [9.17, 15) is 0 Å². The molecule has 13 heavy (non-hydrogen) atoms. The SMILES string of the molecule is CC(=CCCC(=CCCl)CCl)CCl. The normalized spacial score (nSPS) is 13.5. The van der Waals surface area contributed by atoms with E-state index in [1.165, 1.54) is 11.1 Å². The van der Waals surface area contributed by atoms with Gasteiger partial charge in [-0.3, -0.25) is 0 Å². The zero-order valence-electron chi connectivity index (χ0n) is 7.82. The van der Waals surface area contributed by atoms with Crippen molar-refractivity contribution in [2.24, 2.45) is 0 Å². The highest BCUT2D eigenvalue weighted by atomic mass is 35.5. The van der Waals surface area contributed by atoms with Crippen LogP contribution >= 0.6 is 34.8 Å². The van der Waals surface area contributed by atoms with Gasteiger partial charge in [-0.1, -0.05) is 23.3 Å². The van der Waals surface area contributed by atoms with Crippen molar-refractivity contribution in [2.45, 2.75) is 19.8 Å². The molecule has 0 radical (unpaired) electrons. The van der Waals surface area contributed by atoms with Gasteiger partial charge >= 0.3 is 0 Å². The first kappa shape index (κ1) is 13.4. The van der Waals surface area contributed by atoms with Crippen molar-refractivity contribution in [3.8, 4) is 0 Å². The van der Waals surface area contributed by atoms with Gasteiger partial charge in [0.05, 0.1) is 0 Å². The molecule has 0 heterocycles. The van der Waals surface area contributed by atoms with Crippen LogP contribution in [-0.2, 0) is 0 Å². The highest BCUT2D eigenvalue weighted by molar-refractivity contribution is 6.20. The fourth-order valence-corrected chi connectivity index (χ4v) is 1.46. The number of alkyl halides is 3. The Labute approximate surface area is 95.6 Å². The van der Waals surface area contributed by atoms with Gasteiger partial charge in [-0.2, -0.15) is 0 Å². The van der Waals surface area contributed by atoms with E-state index in [1.807, 2.05) is 13.0 Å². The molecule has 0 aromatic carbocycles. The van der Waals surface area contributed by atoms with Gasteiger partial charge in [0.1, 0.15) is 0 Å². The molecule has 0 aromatic rings. The molecular formula is C10H15Cl3. The first-order valence-corrected chi connectivity index (χ1v) is 5.86. The molecule has 0 amide bonds. The fraction of sp³-hybridized carbons (Fsp3) is 0.600. The molecule has 0 saturated heterocycles. The summed E-state index contributed by atoms with van der Waals surface area (Å²) in [6, 6.07) is 0. The predicted molar refractivity (Wildman–Crippen MR) is 63.2 cm³/mol. The van der Waals surface area contributed by atoms with Crippen molar-refractivity contribution in [1.82, 2.24) is 0 Å². The number of hydrogen-bond acceptors (Lipinski definition) is 0. The van der Waals surface area contributed by atoms with E-state index in [0.717, 1.165) is 12.8 Å². The van der Waals surface area contributed by atoms with Gasteiger partial charge < -0.3 is 0 Å². The van der Waals surface area contributed by atoms with Crippen LogP contribution in [0.4, 0.5) is 0 Å². The molecule has 0 atom stereocenters. The van der Waals surface area contributed by atoms with E-state index in [0.29, 0.717) is 17.6 Å². The van der Waals surface area contributed by atoms with Crippen LogP contribution in [-0.4, -0.2) is 17.6 Å². The minimum Gasteiger partial charge on any atom is -0.122 e. The summed E-state index contributed by atoms with van der Waals surface area (Å²) in [6.07, 6.45) is 6.08. The van der Waals surface area contributed by atoms with E-state index in [4.69, 9.17) is 34.8 Å². The third-order valence-electron chi connectivity index (χ3n) is 1.71. The van der Waals surface area contributed by atoms with Crippen LogP contribution in [0.5, 0.6) is 0 Å². The van der Waals surface area contributed by atoms with Crippen molar-refractivity contribution < 1.29 is 0 Å². The molecule has 0 fully saturated rings. The van der Waals surface area contributed by atoms with Gasteiger partial charge in [-0.15, -0.1) is 34.8 Å². The van der Waals surface area contributed by atoms with Crippen molar-refractivity contribution >= 4 is 34.8 Å². The maximum atomic E-state index is 5.72. The topological polar surface area (TPSA) is 0 Å². The summed E-state index contributed by atoms with van der Waals surface area (Å²) >= 11 is 16.9. The molecule has 0 unspecified atom stereocenters. The number of rotatable bonds is 6. The second kappa shape index (κ2) is 8.93. The molecule has 0 nitrogen and oxygen atoms in total. The molecular weight excluding hydrogens is 226 g/mol. The minimum absolute atomic E-state index is 0.542. The van der Waals surface area contributed by atoms with Crippen LogP contribution in [0.1, 0.15) is 19.8 Å². The monoisotopic (exact) mass is 240 g/mol. The van der Waals surface area contributed by atoms with Crippen LogP contribution in [0.3, 0.4) is 0 Å². The maximum absolute atomic E-state index is 5.72. The van der Waals surface area contributed by atoms with Gasteiger partial charge in [0.15, 0.2) is 0 Å². The highest BCUT2D eigenvalue weighted by Crippen LogP contribution is 2.10. The second-order valence-electron chi connectivity index (χ2n) is 2.87. The maximum Gasteiger partial charge on any atom is 0.0434 e. The molecule has 0 aliphatic rings. The van der Waals surface area contributed by atoms with Crippen LogP contribution in [0.25, 0.3) is 0 Å². The summed E-state index contributed by atoms with van der Waals surface area (Å²) in [5.74, 6) is 1.72. The van der Waals surface area contributed by atoms with E-state index in [-0.39, 0.29) is 0 Å². The molecule has 0 spiro atoms. The Kier molecular flexibility index (Phi) is 9.17. The Bertz CT molecular complexity index is 183. The number of halogens is 3. The number of allylic oxidation sites excluding steroid dienone is 4. The van der Waals surface area contributed by atoms with Crippen molar-refractivity contribution in [3.63, 3.8) is 0 Å². The summed E-state index contributed by atoms with van der Waals surface area (Å²) in [4.78, 5) is 0. The molecule has 3 heteroatoms. The van der Waals surface area contributed by atoms with Gasteiger partial charge in [-0.05, 0) is 19.8 Å². The second-order valence-corrected chi connectivity index (χ2v) is 3.72. The lowest BCUT2D eigenvalue weighted by molar-refractivity contribution is 0.967. The van der Waals surface area contributed by atoms with Gasteiger partial charge in [0.2, 0.25) is 0 Å². The fourth-order valence-electron chi connectivity index (χ4n) is 0.891. The van der Waals surface area contributed by atoms with Crippen molar-refractivity contribution in [1.29, 1.82) is 0 Å². The lowest BCUT2D eigenvalue weighted by Gasteiger charge is -2.00.